The van der Waals surface area contributed by atoms with Crippen molar-refractivity contribution in [2.75, 3.05) is 18.0 Å². The zero-order valence-electron chi connectivity index (χ0n) is 7.80. The van der Waals surface area contributed by atoms with Crippen molar-refractivity contribution >= 4 is 28.8 Å². The van der Waals surface area contributed by atoms with E-state index in [9.17, 15) is 13.2 Å². The van der Waals surface area contributed by atoms with Crippen LogP contribution in [0.5, 0.6) is 0 Å². The van der Waals surface area contributed by atoms with Gasteiger partial charge in [0, 0.05) is 29.4 Å². The molecule has 0 saturated heterocycles. The third kappa shape index (κ3) is 5.29. The largest absolute Gasteiger partial charge is 0.441 e. The van der Waals surface area contributed by atoms with Gasteiger partial charge in [0.2, 0.25) is 0 Å². The lowest BCUT2D eigenvalue weighted by Gasteiger charge is -2.06. The van der Waals surface area contributed by atoms with E-state index in [4.69, 9.17) is 5.73 Å². The predicted molar refractivity (Wildman–Crippen MR) is 59.0 cm³/mol. The average Bonchev–Trinajstić information content (AvgIpc) is 2.49. The molecule has 3 N–H and O–H groups in total. The highest BCUT2D eigenvalue weighted by molar-refractivity contribution is 8.00. The van der Waals surface area contributed by atoms with Crippen LogP contribution >= 0.6 is 23.1 Å². The summed E-state index contributed by atoms with van der Waals surface area (Å²) in [5, 5.41) is 4.77. The lowest BCUT2D eigenvalue weighted by atomic mass is 10.4. The fraction of sp³-hybridized carbons (Fsp3) is 0.500. The molecule has 86 valence electrons. The Morgan fingerprint density at radius 3 is 2.73 bits per heavy atom. The monoisotopic (exact) mass is 256 g/mol. The van der Waals surface area contributed by atoms with E-state index in [-0.39, 0.29) is 17.5 Å². The summed E-state index contributed by atoms with van der Waals surface area (Å²) in [7, 11) is 0. The molecule has 2 nitrogen and oxygen atoms in total. The number of nitrogens with two attached hydrogens (primary N) is 1. The van der Waals surface area contributed by atoms with Gasteiger partial charge in [0.1, 0.15) is 0 Å². The molecule has 0 amide bonds. The molecule has 1 aromatic heterocycles. The molecule has 15 heavy (non-hydrogen) atoms. The Morgan fingerprint density at radius 2 is 2.20 bits per heavy atom. The van der Waals surface area contributed by atoms with Gasteiger partial charge in [-0.2, -0.15) is 13.2 Å². The smallest absolute Gasteiger partial charge is 0.398 e. The minimum Gasteiger partial charge on any atom is -0.398 e. The number of thiophene rings is 1. The number of nitrogens with one attached hydrogen (secondary N) is 1. The molecule has 0 atom stereocenters. The number of hydrogen-bond acceptors (Lipinski definition) is 4. The molecule has 0 bridgehead atoms. The van der Waals surface area contributed by atoms with Crippen LogP contribution in [0.3, 0.4) is 0 Å². The van der Waals surface area contributed by atoms with Gasteiger partial charge in [0.05, 0.1) is 0 Å². The first-order valence-electron chi connectivity index (χ1n) is 4.22. The van der Waals surface area contributed by atoms with Crippen LogP contribution in [0.15, 0.2) is 11.4 Å². The molecule has 0 aliphatic carbocycles. The Hall–Kier alpha value is -0.400. The van der Waals surface area contributed by atoms with Gasteiger partial charge in [-0.25, -0.2) is 0 Å². The van der Waals surface area contributed by atoms with Gasteiger partial charge in [-0.3, -0.25) is 0 Å². The maximum Gasteiger partial charge on any atom is 0.441 e. The number of thioether (sulfide) groups is 1. The van der Waals surface area contributed by atoms with E-state index in [1.165, 1.54) is 11.3 Å². The molecule has 1 rings (SSSR count). The van der Waals surface area contributed by atoms with Gasteiger partial charge in [0.15, 0.2) is 0 Å². The Kier molecular flexibility index (Phi) is 4.75. The number of rotatable bonds is 5. The van der Waals surface area contributed by atoms with E-state index < -0.39 is 5.51 Å². The topological polar surface area (TPSA) is 38.0 Å². The molecule has 0 aliphatic heterocycles. The average molecular weight is 256 g/mol. The fourth-order valence-electron chi connectivity index (χ4n) is 0.935. The van der Waals surface area contributed by atoms with Crippen LogP contribution in [0.1, 0.15) is 4.88 Å². The van der Waals surface area contributed by atoms with Crippen molar-refractivity contribution in [3.63, 3.8) is 0 Å². The quantitative estimate of drug-likeness (QED) is 0.795. The zero-order chi connectivity index (χ0) is 11.3. The molecule has 0 aromatic carbocycles. The lowest BCUT2D eigenvalue weighted by Crippen LogP contribution is -2.18. The minimum absolute atomic E-state index is 0.0154. The number of alkyl halides is 3. The highest BCUT2D eigenvalue weighted by Crippen LogP contribution is 2.29. The predicted octanol–water partition coefficient (Wildman–Crippen LogP) is 2.67. The third-order valence-corrected chi connectivity index (χ3v) is 3.28. The van der Waals surface area contributed by atoms with Crippen molar-refractivity contribution in [3.8, 4) is 0 Å². The van der Waals surface area contributed by atoms with Crippen LogP contribution in [0.25, 0.3) is 0 Å². The SMILES string of the molecule is Nc1ccsc1CNCCSC(F)(F)F. The van der Waals surface area contributed by atoms with Gasteiger partial charge < -0.3 is 11.1 Å². The maximum absolute atomic E-state index is 11.7. The first-order valence-corrected chi connectivity index (χ1v) is 6.09. The van der Waals surface area contributed by atoms with E-state index in [1.54, 1.807) is 6.07 Å². The molecule has 0 aliphatic rings. The van der Waals surface area contributed by atoms with Gasteiger partial charge in [-0.05, 0) is 23.2 Å². The summed E-state index contributed by atoms with van der Waals surface area (Å²) in [4.78, 5) is 0.965. The molecule has 0 fully saturated rings. The molecule has 1 heterocycles. The van der Waals surface area contributed by atoms with E-state index in [0.717, 1.165) is 4.88 Å². The van der Waals surface area contributed by atoms with E-state index in [0.29, 0.717) is 18.8 Å². The number of anilines is 1. The van der Waals surface area contributed by atoms with Crippen molar-refractivity contribution in [3.05, 3.63) is 16.3 Å². The first kappa shape index (κ1) is 12.7. The Balaban J connectivity index is 2.10. The third-order valence-electron chi connectivity index (χ3n) is 1.61. The van der Waals surface area contributed by atoms with Crippen molar-refractivity contribution in [2.45, 2.75) is 12.1 Å². The highest BCUT2D eigenvalue weighted by atomic mass is 32.2. The van der Waals surface area contributed by atoms with Crippen LogP contribution < -0.4 is 11.1 Å². The van der Waals surface area contributed by atoms with Crippen molar-refractivity contribution in [1.29, 1.82) is 0 Å². The van der Waals surface area contributed by atoms with Crippen molar-refractivity contribution in [1.82, 2.24) is 5.32 Å². The summed E-state index contributed by atoms with van der Waals surface area (Å²) in [5.41, 5.74) is 2.17. The number of hydrogen-bond donors (Lipinski definition) is 2. The first-order chi connectivity index (χ1) is 6.99. The van der Waals surface area contributed by atoms with Gasteiger partial charge >= 0.3 is 5.51 Å². The Morgan fingerprint density at radius 1 is 1.47 bits per heavy atom. The molecule has 0 saturated carbocycles. The van der Waals surface area contributed by atoms with E-state index in [1.807, 2.05) is 5.38 Å². The molecule has 0 radical (unpaired) electrons. The Labute approximate surface area is 94.0 Å². The number of nitrogen functional groups attached to an aromatic ring is 1. The summed E-state index contributed by atoms with van der Waals surface area (Å²) in [6, 6.07) is 1.78. The van der Waals surface area contributed by atoms with Gasteiger partial charge in [-0.15, -0.1) is 11.3 Å². The summed E-state index contributed by atoms with van der Waals surface area (Å²) in [6.07, 6.45) is 0. The van der Waals surface area contributed by atoms with Crippen LogP contribution in [-0.4, -0.2) is 17.8 Å². The summed E-state index contributed by atoms with van der Waals surface area (Å²) >= 11 is 1.48. The van der Waals surface area contributed by atoms with E-state index >= 15 is 0 Å². The maximum atomic E-state index is 11.7. The lowest BCUT2D eigenvalue weighted by molar-refractivity contribution is -0.0327. The Bertz CT molecular complexity index is 298. The summed E-state index contributed by atoms with van der Waals surface area (Å²) in [6.45, 7) is 0.851. The normalized spacial score (nSPS) is 11.9. The molecular weight excluding hydrogens is 245 g/mol. The van der Waals surface area contributed by atoms with Crippen molar-refractivity contribution in [2.24, 2.45) is 0 Å². The highest BCUT2D eigenvalue weighted by Gasteiger charge is 2.27. The second-order valence-electron chi connectivity index (χ2n) is 2.77. The fourth-order valence-corrected chi connectivity index (χ4v) is 2.18. The molecule has 1 aromatic rings. The molecule has 0 spiro atoms. The van der Waals surface area contributed by atoms with Crippen LogP contribution in [-0.2, 0) is 6.54 Å². The standard InChI is InChI=1S/C8H11F3N2S2/c9-8(10,11)15-4-2-13-5-7-6(12)1-3-14-7/h1,3,13H,2,4-5,12H2. The van der Waals surface area contributed by atoms with Crippen LogP contribution in [0, 0.1) is 0 Å². The van der Waals surface area contributed by atoms with Gasteiger partial charge in [-0.1, -0.05) is 0 Å². The second kappa shape index (κ2) is 5.62. The number of halogens is 3. The molecule has 7 heteroatoms. The van der Waals surface area contributed by atoms with Crippen LogP contribution in [0.2, 0.25) is 0 Å². The summed E-state index contributed by atoms with van der Waals surface area (Å²) < 4.78 is 35.2. The van der Waals surface area contributed by atoms with Crippen LogP contribution in [0.4, 0.5) is 18.9 Å². The summed E-state index contributed by atoms with van der Waals surface area (Å²) in [5.74, 6) is 0.0226. The second-order valence-corrected chi connectivity index (χ2v) is 4.93. The molecule has 0 unspecified atom stereocenters. The van der Waals surface area contributed by atoms with E-state index in [2.05, 4.69) is 5.32 Å². The van der Waals surface area contributed by atoms with Gasteiger partial charge in [0.25, 0.3) is 0 Å². The zero-order valence-corrected chi connectivity index (χ0v) is 9.44. The molecular formula is C8H11F3N2S2. The van der Waals surface area contributed by atoms with Crippen molar-refractivity contribution < 1.29 is 13.2 Å². The minimum atomic E-state index is -4.14.